The highest BCUT2D eigenvalue weighted by Crippen LogP contribution is 2.37. The van der Waals surface area contributed by atoms with Gasteiger partial charge in [-0.15, -0.1) is 11.8 Å². The van der Waals surface area contributed by atoms with Gasteiger partial charge in [-0.1, -0.05) is 11.6 Å². The van der Waals surface area contributed by atoms with Crippen LogP contribution in [0.1, 0.15) is 18.0 Å². The fourth-order valence-corrected chi connectivity index (χ4v) is 3.22. The van der Waals surface area contributed by atoms with Crippen LogP contribution < -0.4 is 5.32 Å². The lowest BCUT2D eigenvalue weighted by atomic mass is 10.0. The third-order valence-electron chi connectivity index (χ3n) is 2.88. The fourth-order valence-electron chi connectivity index (χ4n) is 1.93. The molecule has 0 aromatic heterocycles. The Labute approximate surface area is 114 Å². The van der Waals surface area contributed by atoms with E-state index in [4.69, 9.17) is 16.7 Å². The van der Waals surface area contributed by atoms with Gasteiger partial charge in [0.15, 0.2) is 0 Å². The number of aliphatic hydroxyl groups is 1. The number of hydrogen-bond acceptors (Lipinski definition) is 3. The van der Waals surface area contributed by atoms with Gasteiger partial charge in [-0.25, -0.2) is 8.78 Å². The van der Waals surface area contributed by atoms with Crippen LogP contribution in [-0.4, -0.2) is 29.9 Å². The molecule has 2 nitrogen and oxygen atoms in total. The summed E-state index contributed by atoms with van der Waals surface area (Å²) in [5.74, 6) is 0.928. The van der Waals surface area contributed by atoms with Crippen LogP contribution in [-0.2, 0) is 0 Å². The number of fused-ring (bicyclic) bond motifs is 1. The van der Waals surface area contributed by atoms with Crippen LogP contribution in [0.5, 0.6) is 0 Å². The highest BCUT2D eigenvalue weighted by molar-refractivity contribution is 7.99. The SMILES string of the molecule is OC(CNC1CCSc2ccc(Cl)cc21)C(F)F. The Kier molecular flexibility index (Phi) is 4.84. The number of thioether (sulfide) groups is 1. The first-order chi connectivity index (χ1) is 8.58. The molecule has 1 heterocycles. The van der Waals surface area contributed by atoms with Gasteiger partial charge in [-0.3, -0.25) is 0 Å². The Hall–Kier alpha value is -0.360. The van der Waals surface area contributed by atoms with Gasteiger partial charge in [-0.2, -0.15) is 0 Å². The Morgan fingerprint density at radius 3 is 3.00 bits per heavy atom. The van der Waals surface area contributed by atoms with Crippen LogP contribution in [0, 0.1) is 0 Å². The van der Waals surface area contributed by atoms with Crippen molar-refractivity contribution in [3.8, 4) is 0 Å². The fraction of sp³-hybridized carbons (Fsp3) is 0.500. The third-order valence-corrected chi connectivity index (χ3v) is 4.23. The summed E-state index contributed by atoms with van der Waals surface area (Å²) in [5, 5.41) is 12.7. The first-order valence-corrected chi connectivity index (χ1v) is 7.06. The lowest BCUT2D eigenvalue weighted by Crippen LogP contribution is -2.35. The van der Waals surface area contributed by atoms with Gasteiger partial charge in [0.1, 0.15) is 6.10 Å². The molecule has 0 fully saturated rings. The molecule has 2 atom stereocenters. The van der Waals surface area contributed by atoms with Crippen molar-refractivity contribution in [2.75, 3.05) is 12.3 Å². The molecule has 0 saturated heterocycles. The van der Waals surface area contributed by atoms with Gasteiger partial charge in [0, 0.05) is 22.5 Å². The van der Waals surface area contributed by atoms with Crippen molar-refractivity contribution in [2.45, 2.75) is 29.9 Å². The van der Waals surface area contributed by atoms with E-state index in [0.29, 0.717) is 5.02 Å². The number of hydrogen-bond donors (Lipinski definition) is 2. The molecule has 18 heavy (non-hydrogen) atoms. The zero-order chi connectivity index (χ0) is 13.1. The second-order valence-electron chi connectivity index (χ2n) is 4.18. The van der Waals surface area contributed by atoms with Gasteiger partial charge < -0.3 is 10.4 Å². The maximum Gasteiger partial charge on any atom is 0.265 e. The van der Waals surface area contributed by atoms with E-state index in [1.54, 1.807) is 11.8 Å². The summed E-state index contributed by atoms with van der Waals surface area (Å²) >= 11 is 7.68. The quantitative estimate of drug-likeness (QED) is 0.895. The van der Waals surface area contributed by atoms with E-state index in [2.05, 4.69) is 5.32 Å². The second kappa shape index (κ2) is 6.19. The zero-order valence-electron chi connectivity index (χ0n) is 9.57. The summed E-state index contributed by atoms with van der Waals surface area (Å²) in [4.78, 5) is 1.12. The van der Waals surface area contributed by atoms with Crippen molar-refractivity contribution >= 4 is 23.4 Å². The predicted molar refractivity (Wildman–Crippen MR) is 69.5 cm³/mol. The molecule has 0 saturated carbocycles. The topological polar surface area (TPSA) is 32.3 Å². The standard InChI is InChI=1S/C12H14ClF2NOS/c13-7-1-2-11-8(5-7)9(3-4-18-11)16-6-10(17)12(14)15/h1-2,5,9-10,12,16-17H,3-4,6H2. The molecular weight excluding hydrogens is 280 g/mol. The van der Waals surface area contributed by atoms with Crippen molar-refractivity contribution in [3.05, 3.63) is 28.8 Å². The first-order valence-electron chi connectivity index (χ1n) is 5.70. The van der Waals surface area contributed by atoms with Gasteiger partial charge in [-0.05, 0) is 35.9 Å². The molecule has 2 unspecified atom stereocenters. The summed E-state index contributed by atoms with van der Waals surface area (Å²) in [7, 11) is 0. The monoisotopic (exact) mass is 293 g/mol. The number of alkyl halides is 2. The summed E-state index contributed by atoms with van der Waals surface area (Å²) in [6.07, 6.45) is -3.50. The molecule has 1 aliphatic heterocycles. The van der Waals surface area contributed by atoms with Gasteiger partial charge in [0.2, 0.25) is 0 Å². The maximum absolute atomic E-state index is 12.2. The number of aliphatic hydroxyl groups excluding tert-OH is 1. The van der Waals surface area contributed by atoms with E-state index in [9.17, 15) is 8.78 Å². The Morgan fingerprint density at radius 1 is 1.50 bits per heavy atom. The Balaban J connectivity index is 2.05. The van der Waals surface area contributed by atoms with Crippen molar-refractivity contribution in [1.82, 2.24) is 5.32 Å². The van der Waals surface area contributed by atoms with Crippen LogP contribution in [0.2, 0.25) is 5.02 Å². The van der Waals surface area contributed by atoms with Gasteiger partial charge in [0.05, 0.1) is 0 Å². The molecule has 0 bridgehead atoms. The number of rotatable bonds is 4. The van der Waals surface area contributed by atoms with E-state index >= 15 is 0 Å². The smallest absolute Gasteiger partial charge is 0.265 e. The molecule has 6 heteroatoms. The molecule has 100 valence electrons. The predicted octanol–water partition coefficient (Wildman–Crippen LogP) is 3.09. The van der Waals surface area contributed by atoms with E-state index < -0.39 is 12.5 Å². The summed E-state index contributed by atoms with van der Waals surface area (Å²) in [6, 6.07) is 5.60. The number of benzene rings is 1. The minimum atomic E-state index is -2.71. The number of nitrogens with one attached hydrogen (secondary N) is 1. The zero-order valence-corrected chi connectivity index (χ0v) is 11.1. The first kappa shape index (κ1) is 14.1. The molecule has 1 aromatic carbocycles. The molecule has 1 aliphatic rings. The maximum atomic E-state index is 12.2. The van der Waals surface area contributed by atoms with E-state index in [-0.39, 0.29) is 12.6 Å². The molecule has 0 aliphatic carbocycles. The molecule has 0 spiro atoms. The van der Waals surface area contributed by atoms with E-state index in [1.165, 1.54) is 0 Å². The van der Waals surface area contributed by atoms with Crippen molar-refractivity contribution in [2.24, 2.45) is 0 Å². The second-order valence-corrected chi connectivity index (χ2v) is 5.76. The minimum absolute atomic E-state index is 0.0200. The van der Waals surface area contributed by atoms with Crippen molar-refractivity contribution in [3.63, 3.8) is 0 Å². The van der Waals surface area contributed by atoms with Crippen LogP contribution in [0.3, 0.4) is 0 Å². The molecular formula is C12H14ClF2NOS. The Morgan fingerprint density at radius 2 is 2.28 bits per heavy atom. The molecule has 0 radical (unpaired) electrons. The lowest BCUT2D eigenvalue weighted by Gasteiger charge is -2.27. The molecule has 1 aromatic rings. The van der Waals surface area contributed by atoms with Crippen molar-refractivity contribution in [1.29, 1.82) is 0 Å². The highest BCUT2D eigenvalue weighted by Gasteiger charge is 2.23. The highest BCUT2D eigenvalue weighted by atomic mass is 35.5. The lowest BCUT2D eigenvalue weighted by molar-refractivity contribution is -0.00475. The number of halogens is 3. The van der Waals surface area contributed by atoms with E-state index in [0.717, 1.165) is 22.6 Å². The summed E-state index contributed by atoms with van der Waals surface area (Å²) in [5.41, 5.74) is 1.03. The van der Waals surface area contributed by atoms with Gasteiger partial charge >= 0.3 is 0 Å². The average molecular weight is 294 g/mol. The Bertz CT molecular complexity index is 419. The minimum Gasteiger partial charge on any atom is -0.386 e. The molecule has 2 N–H and O–H groups in total. The van der Waals surface area contributed by atoms with E-state index in [1.807, 2.05) is 18.2 Å². The molecule has 2 rings (SSSR count). The third kappa shape index (κ3) is 3.35. The van der Waals surface area contributed by atoms with Crippen molar-refractivity contribution < 1.29 is 13.9 Å². The summed E-state index contributed by atoms with van der Waals surface area (Å²) < 4.78 is 24.5. The van der Waals surface area contributed by atoms with Crippen LogP contribution in [0.4, 0.5) is 8.78 Å². The largest absolute Gasteiger partial charge is 0.386 e. The van der Waals surface area contributed by atoms with Crippen LogP contribution in [0.25, 0.3) is 0 Å². The average Bonchev–Trinajstić information content (AvgIpc) is 2.35. The van der Waals surface area contributed by atoms with Gasteiger partial charge in [0.25, 0.3) is 6.43 Å². The normalized spacial score (nSPS) is 20.8. The van der Waals surface area contributed by atoms with Crippen LogP contribution in [0.15, 0.2) is 23.1 Å². The van der Waals surface area contributed by atoms with Crippen LogP contribution >= 0.6 is 23.4 Å². The summed E-state index contributed by atoms with van der Waals surface area (Å²) in [6.45, 7) is -0.112. The molecule has 0 amide bonds.